The van der Waals surface area contributed by atoms with Crippen molar-refractivity contribution in [2.24, 2.45) is 5.92 Å². The number of esters is 3. The maximum atomic E-state index is 12.8. The Bertz CT molecular complexity index is 889. The van der Waals surface area contributed by atoms with Crippen molar-refractivity contribution in [2.45, 2.75) is 303 Å². The highest BCUT2D eigenvalue weighted by atomic mass is 16.6. The Balaban J connectivity index is 4.30. The molecule has 0 bridgehead atoms. The van der Waals surface area contributed by atoms with Crippen LogP contribution in [0.15, 0.2) is 0 Å². The van der Waals surface area contributed by atoms with E-state index in [1.54, 1.807) is 0 Å². The van der Waals surface area contributed by atoms with Gasteiger partial charge in [-0.2, -0.15) is 0 Å². The average molecular weight is 835 g/mol. The molecule has 0 amide bonds. The average Bonchev–Trinajstić information content (AvgIpc) is 3.23. The van der Waals surface area contributed by atoms with Gasteiger partial charge in [0.05, 0.1) is 0 Å². The van der Waals surface area contributed by atoms with Crippen LogP contribution in [0.1, 0.15) is 297 Å². The number of rotatable bonds is 48. The van der Waals surface area contributed by atoms with Gasteiger partial charge in [0.25, 0.3) is 0 Å². The Morgan fingerprint density at radius 3 is 0.881 bits per heavy atom. The van der Waals surface area contributed by atoms with Gasteiger partial charge >= 0.3 is 17.9 Å². The molecule has 0 saturated carbocycles. The van der Waals surface area contributed by atoms with Crippen molar-refractivity contribution < 1.29 is 28.6 Å². The zero-order valence-corrected chi connectivity index (χ0v) is 40.2. The molecule has 1 unspecified atom stereocenters. The SMILES string of the molecule is CCCCCCCCCCCCCCCCCC(=O)OC[C@@H](COC(=O)CCCCCCCCCCCCC(C)CC)OC(=O)CCCCCCCCCCCCCC. The molecule has 6 nitrogen and oxygen atoms in total. The molecular formula is C53H102O6. The first-order valence-corrected chi connectivity index (χ1v) is 26.4. The summed E-state index contributed by atoms with van der Waals surface area (Å²) in [5, 5.41) is 0. The lowest BCUT2D eigenvalue weighted by molar-refractivity contribution is -0.167. The highest BCUT2D eigenvalue weighted by Gasteiger charge is 2.19. The van der Waals surface area contributed by atoms with E-state index in [2.05, 4.69) is 27.7 Å². The molecule has 2 atom stereocenters. The first kappa shape index (κ1) is 57.4. The summed E-state index contributed by atoms with van der Waals surface area (Å²) in [6.07, 6.45) is 49.3. The standard InChI is InChI=1S/C53H102O6/c1-5-8-10-12-14-16-18-20-21-22-24-28-32-36-40-44-51(54)57-47-50(59-53(56)46-42-38-34-30-23-19-17-15-13-11-9-6-2)48-58-52(55)45-41-37-33-29-26-25-27-31-35-39-43-49(4)7-3/h49-50H,5-48H2,1-4H3/t49?,50-/m0/s1. The summed E-state index contributed by atoms with van der Waals surface area (Å²) in [6, 6.07) is 0. The highest BCUT2D eigenvalue weighted by molar-refractivity contribution is 5.71. The number of carbonyl (C=O) groups excluding carboxylic acids is 3. The van der Waals surface area contributed by atoms with Gasteiger partial charge in [0, 0.05) is 19.3 Å². The number of ether oxygens (including phenoxy) is 3. The van der Waals surface area contributed by atoms with Crippen LogP contribution in [0.4, 0.5) is 0 Å². The zero-order chi connectivity index (χ0) is 43.1. The summed E-state index contributed by atoms with van der Waals surface area (Å²) in [7, 11) is 0. The normalized spacial score (nSPS) is 12.4. The summed E-state index contributed by atoms with van der Waals surface area (Å²) < 4.78 is 16.8. The van der Waals surface area contributed by atoms with Crippen molar-refractivity contribution >= 4 is 17.9 Å². The molecule has 0 radical (unpaired) electrons. The summed E-state index contributed by atoms with van der Waals surface area (Å²) in [5.74, 6) is 0.0267. The summed E-state index contributed by atoms with van der Waals surface area (Å²) in [4.78, 5) is 38.0. The van der Waals surface area contributed by atoms with E-state index in [9.17, 15) is 14.4 Å². The number of hydrogen-bond donors (Lipinski definition) is 0. The van der Waals surface area contributed by atoms with Crippen LogP contribution in [-0.2, 0) is 28.6 Å². The Labute approximate surface area is 368 Å². The predicted molar refractivity (Wildman–Crippen MR) is 252 cm³/mol. The van der Waals surface area contributed by atoms with E-state index in [1.165, 1.54) is 193 Å². The molecular weight excluding hydrogens is 733 g/mol. The highest BCUT2D eigenvalue weighted by Crippen LogP contribution is 2.18. The van der Waals surface area contributed by atoms with Gasteiger partial charge in [0.2, 0.25) is 0 Å². The Morgan fingerprint density at radius 1 is 0.339 bits per heavy atom. The molecule has 59 heavy (non-hydrogen) atoms. The van der Waals surface area contributed by atoms with Crippen LogP contribution in [0.25, 0.3) is 0 Å². The van der Waals surface area contributed by atoms with Crippen LogP contribution in [-0.4, -0.2) is 37.2 Å². The lowest BCUT2D eigenvalue weighted by Crippen LogP contribution is -2.30. The third-order valence-electron chi connectivity index (χ3n) is 12.4. The second kappa shape index (κ2) is 47.5. The van der Waals surface area contributed by atoms with Gasteiger partial charge in [-0.05, 0) is 25.2 Å². The first-order valence-electron chi connectivity index (χ1n) is 26.4. The molecule has 0 aromatic carbocycles. The van der Waals surface area contributed by atoms with Crippen molar-refractivity contribution in [1.82, 2.24) is 0 Å². The van der Waals surface area contributed by atoms with Gasteiger partial charge in [-0.3, -0.25) is 14.4 Å². The van der Waals surface area contributed by atoms with Gasteiger partial charge in [0.1, 0.15) is 13.2 Å². The van der Waals surface area contributed by atoms with Gasteiger partial charge in [0.15, 0.2) is 6.10 Å². The second-order valence-electron chi connectivity index (χ2n) is 18.4. The van der Waals surface area contributed by atoms with Crippen molar-refractivity contribution in [3.8, 4) is 0 Å². The summed E-state index contributed by atoms with van der Waals surface area (Å²) in [6.45, 7) is 9.05. The lowest BCUT2D eigenvalue weighted by atomic mass is 9.99. The van der Waals surface area contributed by atoms with Crippen molar-refractivity contribution in [3.05, 3.63) is 0 Å². The summed E-state index contributed by atoms with van der Waals surface area (Å²) >= 11 is 0. The lowest BCUT2D eigenvalue weighted by Gasteiger charge is -2.18. The molecule has 6 heteroatoms. The second-order valence-corrected chi connectivity index (χ2v) is 18.4. The monoisotopic (exact) mass is 835 g/mol. The van der Waals surface area contributed by atoms with Crippen LogP contribution < -0.4 is 0 Å². The van der Waals surface area contributed by atoms with Crippen LogP contribution >= 0.6 is 0 Å². The van der Waals surface area contributed by atoms with Crippen LogP contribution in [0.2, 0.25) is 0 Å². The third-order valence-corrected chi connectivity index (χ3v) is 12.4. The van der Waals surface area contributed by atoms with Crippen molar-refractivity contribution in [1.29, 1.82) is 0 Å². The minimum atomic E-state index is -0.760. The molecule has 0 aliphatic carbocycles. The van der Waals surface area contributed by atoms with Gasteiger partial charge in [-0.25, -0.2) is 0 Å². The predicted octanol–water partition coefficient (Wildman–Crippen LogP) is 17.1. The van der Waals surface area contributed by atoms with E-state index in [0.717, 1.165) is 63.7 Å². The van der Waals surface area contributed by atoms with Gasteiger partial charge < -0.3 is 14.2 Å². The quantitative estimate of drug-likeness (QED) is 0.0345. The van der Waals surface area contributed by atoms with Crippen LogP contribution in [0, 0.1) is 5.92 Å². The largest absolute Gasteiger partial charge is 0.462 e. The van der Waals surface area contributed by atoms with Crippen molar-refractivity contribution in [3.63, 3.8) is 0 Å². The van der Waals surface area contributed by atoms with E-state index in [4.69, 9.17) is 14.2 Å². The molecule has 0 spiro atoms. The number of hydrogen-bond acceptors (Lipinski definition) is 6. The fourth-order valence-electron chi connectivity index (χ4n) is 8.01. The molecule has 0 aliphatic heterocycles. The number of unbranched alkanes of at least 4 members (excludes halogenated alkanes) is 34. The molecule has 0 N–H and O–H groups in total. The van der Waals surface area contributed by atoms with Crippen molar-refractivity contribution in [2.75, 3.05) is 13.2 Å². The summed E-state index contributed by atoms with van der Waals surface area (Å²) in [5.41, 5.74) is 0. The minimum Gasteiger partial charge on any atom is -0.462 e. The van der Waals surface area contributed by atoms with Gasteiger partial charge in [-0.15, -0.1) is 0 Å². The first-order chi connectivity index (χ1) is 28.9. The van der Waals surface area contributed by atoms with E-state index < -0.39 is 6.10 Å². The fraction of sp³-hybridized carbons (Fsp3) is 0.943. The molecule has 0 heterocycles. The van der Waals surface area contributed by atoms with Crippen LogP contribution in [0.5, 0.6) is 0 Å². The fourth-order valence-corrected chi connectivity index (χ4v) is 8.01. The molecule has 0 rings (SSSR count). The molecule has 0 aliphatic rings. The Hall–Kier alpha value is -1.59. The molecule has 0 aromatic rings. The molecule has 0 fully saturated rings. The van der Waals surface area contributed by atoms with E-state index >= 15 is 0 Å². The topological polar surface area (TPSA) is 78.9 Å². The third kappa shape index (κ3) is 45.8. The van der Waals surface area contributed by atoms with E-state index in [-0.39, 0.29) is 31.1 Å². The van der Waals surface area contributed by atoms with E-state index in [0.29, 0.717) is 19.3 Å². The molecule has 0 saturated heterocycles. The zero-order valence-electron chi connectivity index (χ0n) is 40.2. The van der Waals surface area contributed by atoms with Crippen LogP contribution in [0.3, 0.4) is 0 Å². The minimum absolute atomic E-state index is 0.0626. The molecule has 350 valence electrons. The maximum absolute atomic E-state index is 12.8. The molecule has 0 aromatic heterocycles. The Kier molecular flexibility index (Phi) is 46.2. The Morgan fingerprint density at radius 2 is 0.593 bits per heavy atom. The van der Waals surface area contributed by atoms with Gasteiger partial charge in [-0.1, -0.05) is 259 Å². The smallest absolute Gasteiger partial charge is 0.306 e. The maximum Gasteiger partial charge on any atom is 0.306 e. The van der Waals surface area contributed by atoms with E-state index in [1.807, 2.05) is 0 Å². The number of carbonyl (C=O) groups is 3.